The molecule has 0 fully saturated rings. The zero-order chi connectivity index (χ0) is 15.5. The number of aromatic amines is 1. The molecule has 0 aliphatic carbocycles. The number of hydrogen-bond acceptors (Lipinski definition) is 4. The Bertz CT molecular complexity index is 597. The summed E-state index contributed by atoms with van der Waals surface area (Å²) in [6, 6.07) is 5.13. The zero-order valence-electron chi connectivity index (χ0n) is 11.5. The molecule has 1 aromatic heterocycles. The number of thioether (sulfide) groups is 1. The third kappa shape index (κ3) is 4.21. The highest BCUT2D eigenvalue weighted by molar-refractivity contribution is 7.99. The normalized spacial score (nSPS) is 13.4. The smallest absolute Gasteiger partial charge is 0.312 e. The highest BCUT2D eigenvalue weighted by Gasteiger charge is 2.30. The van der Waals surface area contributed by atoms with Gasteiger partial charge >= 0.3 is 6.18 Å². The first kappa shape index (κ1) is 15.8. The number of nitrogens with one attached hydrogen (secondary N) is 2. The molecule has 0 saturated carbocycles. The van der Waals surface area contributed by atoms with Crippen LogP contribution in [-0.4, -0.2) is 28.0 Å². The van der Waals surface area contributed by atoms with E-state index in [1.165, 1.54) is 23.9 Å². The quantitative estimate of drug-likeness (QED) is 0.832. The standard InChI is InChI=1S/C13H15F3N4S/c1-8-18-12(20-19-8)21-7-11(17-2)9-4-3-5-10(6-9)13(14,15)16/h3-6,11,17H,7H2,1-2H3,(H,18,19,20). The van der Waals surface area contributed by atoms with Gasteiger partial charge in [0, 0.05) is 11.8 Å². The van der Waals surface area contributed by atoms with E-state index in [1.54, 1.807) is 20.0 Å². The number of hydrogen-bond donors (Lipinski definition) is 2. The number of benzene rings is 1. The van der Waals surface area contributed by atoms with Gasteiger partial charge in [-0.15, -0.1) is 5.10 Å². The van der Waals surface area contributed by atoms with Crippen molar-refractivity contribution in [3.63, 3.8) is 0 Å². The Balaban J connectivity index is 2.10. The average molecular weight is 316 g/mol. The van der Waals surface area contributed by atoms with Crippen LogP contribution in [0.3, 0.4) is 0 Å². The molecule has 1 aromatic carbocycles. The first-order chi connectivity index (χ1) is 9.90. The summed E-state index contributed by atoms with van der Waals surface area (Å²) in [7, 11) is 1.72. The molecule has 0 amide bonds. The monoisotopic (exact) mass is 316 g/mol. The van der Waals surface area contributed by atoms with Crippen LogP contribution in [0.25, 0.3) is 0 Å². The van der Waals surface area contributed by atoms with Crippen LogP contribution in [0.5, 0.6) is 0 Å². The van der Waals surface area contributed by atoms with Crippen molar-refractivity contribution in [2.45, 2.75) is 24.3 Å². The van der Waals surface area contributed by atoms with Crippen LogP contribution in [0, 0.1) is 6.92 Å². The summed E-state index contributed by atoms with van der Waals surface area (Å²) in [6.07, 6.45) is -4.33. The topological polar surface area (TPSA) is 53.6 Å². The molecule has 0 aliphatic rings. The van der Waals surface area contributed by atoms with Crippen LogP contribution in [-0.2, 0) is 6.18 Å². The van der Waals surface area contributed by atoms with Gasteiger partial charge in [0.2, 0.25) is 5.16 Å². The molecule has 0 bridgehead atoms. The van der Waals surface area contributed by atoms with Gasteiger partial charge in [0.15, 0.2) is 0 Å². The van der Waals surface area contributed by atoms with Crippen molar-refractivity contribution in [2.75, 3.05) is 12.8 Å². The van der Waals surface area contributed by atoms with Gasteiger partial charge < -0.3 is 5.32 Å². The van der Waals surface area contributed by atoms with Crippen molar-refractivity contribution in [1.82, 2.24) is 20.5 Å². The van der Waals surface area contributed by atoms with Crippen molar-refractivity contribution in [1.29, 1.82) is 0 Å². The molecule has 0 radical (unpaired) electrons. The molecule has 4 nitrogen and oxygen atoms in total. The number of aryl methyl sites for hydroxylation is 1. The number of alkyl halides is 3. The summed E-state index contributed by atoms with van der Waals surface area (Å²) >= 11 is 1.38. The summed E-state index contributed by atoms with van der Waals surface area (Å²) < 4.78 is 38.2. The fourth-order valence-corrected chi connectivity index (χ4v) is 2.81. The van der Waals surface area contributed by atoms with Crippen molar-refractivity contribution >= 4 is 11.8 Å². The molecule has 0 spiro atoms. The number of aromatic nitrogens is 3. The SMILES string of the molecule is CNC(CSc1n[nH]c(C)n1)c1cccc(C(F)(F)F)c1. The van der Waals surface area contributed by atoms with E-state index in [-0.39, 0.29) is 6.04 Å². The van der Waals surface area contributed by atoms with Crippen molar-refractivity contribution in [3.05, 3.63) is 41.2 Å². The van der Waals surface area contributed by atoms with Crippen LogP contribution >= 0.6 is 11.8 Å². The second kappa shape index (κ2) is 6.48. The fourth-order valence-electron chi connectivity index (χ4n) is 1.82. The number of H-pyrrole nitrogens is 1. The lowest BCUT2D eigenvalue weighted by Gasteiger charge is -2.17. The van der Waals surface area contributed by atoms with E-state index in [0.29, 0.717) is 22.3 Å². The Morgan fingerprint density at radius 2 is 2.14 bits per heavy atom. The van der Waals surface area contributed by atoms with E-state index in [9.17, 15) is 13.2 Å². The van der Waals surface area contributed by atoms with Crippen LogP contribution in [0.15, 0.2) is 29.4 Å². The van der Waals surface area contributed by atoms with Crippen LogP contribution < -0.4 is 5.32 Å². The number of halogens is 3. The Morgan fingerprint density at radius 3 is 2.71 bits per heavy atom. The average Bonchev–Trinajstić information content (AvgIpc) is 2.85. The van der Waals surface area contributed by atoms with Crippen LogP contribution in [0.2, 0.25) is 0 Å². The molecule has 8 heteroatoms. The van der Waals surface area contributed by atoms with Gasteiger partial charge in [-0.3, -0.25) is 5.10 Å². The second-order valence-corrected chi connectivity index (χ2v) is 5.47. The maximum atomic E-state index is 12.7. The highest BCUT2D eigenvalue weighted by Crippen LogP contribution is 2.31. The Morgan fingerprint density at radius 1 is 1.38 bits per heavy atom. The maximum Gasteiger partial charge on any atom is 0.416 e. The summed E-state index contributed by atoms with van der Waals surface area (Å²) in [4.78, 5) is 4.16. The first-order valence-electron chi connectivity index (χ1n) is 6.26. The predicted molar refractivity (Wildman–Crippen MR) is 75.1 cm³/mol. The van der Waals surface area contributed by atoms with Gasteiger partial charge in [-0.05, 0) is 31.7 Å². The molecule has 2 rings (SSSR count). The maximum absolute atomic E-state index is 12.7. The molecular formula is C13H15F3N4S. The molecule has 21 heavy (non-hydrogen) atoms. The van der Waals surface area contributed by atoms with E-state index in [2.05, 4.69) is 20.5 Å². The van der Waals surface area contributed by atoms with Crippen LogP contribution in [0.1, 0.15) is 23.0 Å². The number of nitrogens with zero attached hydrogens (tertiary/aromatic N) is 2. The molecule has 0 aliphatic heterocycles. The lowest BCUT2D eigenvalue weighted by atomic mass is 10.1. The zero-order valence-corrected chi connectivity index (χ0v) is 12.3. The molecule has 2 N–H and O–H groups in total. The minimum Gasteiger partial charge on any atom is -0.312 e. The van der Waals surface area contributed by atoms with Gasteiger partial charge in [-0.25, -0.2) is 4.98 Å². The van der Waals surface area contributed by atoms with E-state index < -0.39 is 11.7 Å². The Hall–Kier alpha value is -1.54. The summed E-state index contributed by atoms with van der Waals surface area (Å²) in [5.74, 6) is 1.24. The molecule has 1 heterocycles. The van der Waals surface area contributed by atoms with E-state index >= 15 is 0 Å². The Labute approximate surface area is 124 Å². The predicted octanol–water partition coefficient (Wildman–Crippen LogP) is 3.18. The van der Waals surface area contributed by atoms with Crippen molar-refractivity contribution in [2.24, 2.45) is 0 Å². The second-order valence-electron chi connectivity index (χ2n) is 4.48. The van der Waals surface area contributed by atoms with Gasteiger partial charge in [0.1, 0.15) is 5.82 Å². The van der Waals surface area contributed by atoms with Gasteiger partial charge in [0.25, 0.3) is 0 Å². The first-order valence-corrected chi connectivity index (χ1v) is 7.25. The molecule has 114 valence electrons. The molecule has 0 saturated heterocycles. The fraction of sp³-hybridized carbons (Fsp3) is 0.385. The third-order valence-corrected chi connectivity index (χ3v) is 3.86. The third-order valence-electron chi connectivity index (χ3n) is 2.92. The molecule has 2 aromatic rings. The van der Waals surface area contributed by atoms with Crippen molar-refractivity contribution < 1.29 is 13.2 Å². The minimum atomic E-state index is -4.33. The highest BCUT2D eigenvalue weighted by atomic mass is 32.2. The summed E-state index contributed by atoms with van der Waals surface area (Å²) in [5, 5.41) is 10.3. The lowest BCUT2D eigenvalue weighted by molar-refractivity contribution is -0.137. The molecule has 1 unspecified atom stereocenters. The minimum absolute atomic E-state index is 0.212. The van der Waals surface area contributed by atoms with Crippen molar-refractivity contribution in [3.8, 4) is 0 Å². The van der Waals surface area contributed by atoms with Gasteiger partial charge in [-0.2, -0.15) is 13.2 Å². The summed E-state index contributed by atoms with van der Waals surface area (Å²) in [5.41, 5.74) is -0.0499. The largest absolute Gasteiger partial charge is 0.416 e. The molecular weight excluding hydrogens is 301 g/mol. The number of rotatable bonds is 5. The lowest BCUT2D eigenvalue weighted by Crippen LogP contribution is -2.19. The van der Waals surface area contributed by atoms with Gasteiger partial charge in [-0.1, -0.05) is 23.9 Å². The van der Waals surface area contributed by atoms with E-state index in [4.69, 9.17) is 0 Å². The van der Waals surface area contributed by atoms with Gasteiger partial charge in [0.05, 0.1) is 5.56 Å². The Kier molecular flexibility index (Phi) is 4.89. The molecule has 1 atom stereocenters. The van der Waals surface area contributed by atoms with E-state index in [1.807, 2.05) is 0 Å². The van der Waals surface area contributed by atoms with Crippen LogP contribution in [0.4, 0.5) is 13.2 Å². The van der Waals surface area contributed by atoms with E-state index in [0.717, 1.165) is 6.07 Å². The summed E-state index contributed by atoms with van der Waals surface area (Å²) in [6.45, 7) is 1.79.